The predicted molar refractivity (Wildman–Crippen MR) is 57.9 cm³/mol. The second-order valence-corrected chi connectivity index (χ2v) is 4.33. The molecular weight excluding hydrogens is 266 g/mol. The molecule has 1 unspecified atom stereocenters. The highest BCUT2D eigenvalue weighted by Gasteiger charge is 2.60. The Bertz CT molecular complexity index is 582. The highest BCUT2D eigenvalue weighted by atomic mass is 19.3. The van der Waals surface area contributed by atoms with Crippen molar-refractivity contribution in [2.75, 3.05) is 0 Å². The van der Waals surface area contributed by atoms with Crippen LogP contribution in [0.5, 0.6) is 0 Å². The Morgan fingerprint density at radius 1 is 1.53 bits per heavy atom. The standard InChI is InChI=1S/C10H12F2N2O5/c1-4(15)6-7(17)10(11,12)8(19-6)14-3-2-5(16)13-9(14)18/h2-4,6-8,15,17H,1H3,(H,13,16,18)/t4?,6-,7-,8-/m1/s1. The number of aliphatic hydroxyl groups is 2. The average molecular weight is 278 g/mol. The van der Waals surface area contributed by atoms with Crippen LogP contribution in [0.4, 0.5) is 8.78 Å². The molecule has 2 heterocycles. The lowest BCUT2D eigenvalue weighted by molar-refractivity contribution is -0.141. The van der Waals surface area contributed by atoms with Gasteiger partial charge in [-0.25, -0.2) is 4.79 Å². The first-order valence-electron chi connectivity index (χ1n) is 5.46. The zero-order valence-corrected chi connectivity index (χ0v) is 9.79. The van der Waals surface area contributed by atoms with Crippen molar-refractivity contribution >= 4 is 0 Å². The molecule has 7 nitrogen and oxygen atoms in total. The first-order chi connectivity index (χ1) is 8.75. The molecule has 19 heavy (non-hydrogen) atoms. The number of hydrogen-bond acceptors (Lipinski definition) is 5. The number of aliphatic hydroxyl groups excluding tert-OH is 2. The number of H-pyrrole nitrogens is 1. The Morgan fingerprint density at radius 3 is 2.63 bits per heavy atom. The van der Waals surface area contributed by atoms with Gasteiger partial charge in [0.2, 0.25) is 6.23 Å². The van der Waals surface area contributed by atoms with Crippen molar-refractivity contribution in [2.45, 2.75) is 37.4 Å². The van der Waals surface area contributed by atoms with Gasteiger partial charge in [-0.15, -0.1) is 0 Å². The van der Waals surface area contributed by atoms with Gasteiger partial charge in [-0.1, -0.05) is 0 Å². The van der Waals surface area contributed by atoms with E-state index in [0.717, 1.165) is 12.3 Å². The summed E-state index contributed by atoms with van der Waals surface area (Å²) in [5, 5.41) is 18.7. The maximum absolute atomic E-state index is 13.8. The molecule has 106 valence electrons. The maximum atomic E-state index is 13.8. The number of alkyl halides is 2. The molecule has 0 aromatic carbocycles. The molecule has 1 fully saturated rings. The first-order valence-corrected chi connectivity index (χ1v) is 5.46. The van der Waals surface area contributed by atoms with E-state index in [4.69, 9.17) is 4.74 Å². The van der Waals surface area contributed by atoms with Crippen LogP contribution >= 0.6 is 0 Å². The normalized spacial score (nSPS) is 31.3. The fraction of sp³-hybridized carbons (Fsp3) is 0.600. The number of nitrogens with one attached hydrogen (secondary N) is 1. The van der Waals surface area contributed by atoms with E-state index in [2.05, 4.69) is 0 Å². The number of halogens is 2. The van der Waals surface area contributed by atoms with Gasteiger partial charge < -0.3 is 14.9 Å². The second-order valence-electron chi connectivity index (χ2n) is 4.33. The van der Waals surface area contributed by atoms with Crippen LogP contribution in [-0.2, 0) is 4.74 Å². The quantitative estimate of drug-likeness (QED) is 0.631. The van der Waals surface area contributed by atoms with E-state index in [-0.39, 0.29) is 0 Å². The molecule has 1 aromatic heterocycles. The molecule has 3 N–H and O–H groups in total. The van der Waals surface area contributed by atoms with Gasteiger partial charge in [0.15, 0.2) is 6.10 Å². The molecule has 1 aliphatic heterocycles. The van der Waals surface area contributed by atoms with Crippen LogP contribution in [0.1, 0.15) is 13.2 Å². The highest BCUT2D eigenvalue weighted by Crippen LogP contribution is 2.42. The summed E-state index contributed by atoms with van der Waals surface area (Å²) in [5.74, 6) is -3.77. The highest BCUT2D eigenvalue weighted by molar-refractivity contribution is 4.99. The van der Waals surface area contributed by atoms with Gasteiger partial charge in [-0.05, 0) is 6.92 Å². The summed E-state index contributed by atoms with van der Waals surface area (Å²) in [5.41, 5.74) is -1.83. The third-order valence-corrected chi connectivity index (χ3v) is 2.90. The van der Waals surface area contributed by atoms with Crippen molar-refractivity contribution in [3.63, 3.8) is 0 Å². The Labute approximate surface area is 105 Å². The molecular formula is C10H12F2N2O5. The second kappa shape index (κ2) is 4.51. The minimum atomic E-state index is -3.77. The third kappa shape index (κ3) is 2.20. The minimum absolute atomic E-state index is 0.465. The van der Waals surface area contributed by atoms with Gasteiger partial charge in [0.1, 0.15) is 6.10 Å². The minimum Gasteiger partial charge on any atom is -0.391 e. The lowest BCUT2D eigenvalue weighted by Crippen LogP contribution is -2.43. The zero-order valence-electron chi connectivity index (χ0n) is 9.79. The van der Waals surface area contributed by atoms with Crippen LogP contribution in [0.2, 0.25) is 0 Å². The smallest absolute Gasteiger partial charge is 0.330 e. The van der Waals surface area contributed by atoms with Gasteiger partial charge in [-0.2, -0.15) is 8.78 Å². The zero-order chi connectivity index (χ0) is 14.4. The van der Waals surface area contributed by atoms with E-state index in [1.54, 1.807) is 4.98 Å². The van der Waals surface area contributed by atoms with Crippen LogP contribution in [0.15, 0.2) is 21.9 Å². The maximum Gasteiger partial charge on any atom is 0.330 e. The summed E-state index contributed by atoms with van der Waals surface area (Å²) in [6, 6.07) is 0.878. The van der Waals surface area contributed by atoms with Crippen molar-refractivity contribution in [3.8, 4) is 0 Å². The monoisotopic (exact) mass is 278 g/mol. The van der Waals surface area contributed by atoms with Gasteiger partial charge >= 0.3 is 11.6 Å². The van der Waals surface area contributed by atoms with E-state index in [0.29, 0.717) is 4.57 Å². The molecule has 1 saturated heterocycles. The summed E-state index contributed by atoms with van der Waals surface area (Å²) in [6.45, 7) is 1.18. The molecule has 0 amide bonds. The fourth-order valence-electron chi connectivity index (χ4n) is 1.92. The lowest BCUT2D eigenvalue weighted by atomic mass is 10.1. The van der Waals surface area contributed by atoms with Crippen molar-refractivity contribution in [1.82, 2.24) is 9.55 Å². The topological polar surface area (TPSA) is 105 Å². The number of nitrogens with zero attached hydrogens (tertiary/aromatic N) is 1. The Morgan fingerprint density at radius 2 is 2.16 bits per heavy atom. The number of ether oxygens (including phenoxy) is 1. The van der Waals surface area contributed by atoms with Gasteiger partial charge in [-0.3, -0.25) is 14.3 Å². The summed E-state index contributed by atoms with van der Waals surface area (Å²) in [7, 11) is 0. The van der Waals surface area contributed by atoms with Crippen molar-refractivity contribution in [3.05, 3.63) is 33.1 Å². The summed E-state index contributed by atoms with van der Waals surface area (Å²) in [4.78, 5) is 24.1. The largest absolute Gasteiger partial charge is 0.391 e. The lowest BCUT2D eigenvalue weighted by Gasteiger charge is -2.20. The molecule has 1 aromatic rings. The van der Waals surface area contributed by atoms with E-state index in [9.17, 15) is 28.6 Å². The van der Waals surface area contributed by atoms with Crippen LogP contribution < -0.4 is 11.2 Å². The summed E-state index contributed by atoms with van der Waals surface area (Å²) < 4.78 is 33.0. The fourth-order valence-corrected chi connectivity index (χ4v) is 1.92. The molecule has 0 radical (unpaired) electrons. The average Bonchev–Trinajstić information content (AvgIpc) is 2.52. The van der Waals surface area contributed by atoms with Crippen molar-refractivity contribution in [2.24, 2.45) is 0 Å². The Kier molecular flexibility index (Phi) is 3.29. The molecule has 9 heteroatoms. The SMILES string of the molecule is CC(O)[C@H]1O[C@@H](n2ccc(=O)[nH]c2=O)C(F)(F)[C@@H]1O. The van der Waals surface area contributed by atoms with E-state index in [1.807, 2.05) is 0 Å². The van der Waals surface area contributed by atoms with Gasteiger partial charge in [0.05, 0.1) is 6.10 Å². The predicted octanol–water partition coefficient (Wildman–Crippen LogP) is -1.19. The van der Waals surface area contributed by atoms with Gasteiger partial charge in [0.25, 0.3) is 5.56 Å². The molecule has 4 atom stereocenters. The van der Waals surface area contributed by atoms with Crippen LogP contribution in [-0.4, -0.2) is 44.0 Å². The first kappa shape index (κ1) is 13.8. The van der Waals surface area contributed by atoms with E-state index < -0.39 is 41.7 Å². The Balaban J connectivity index is 2.45. The molecule has 2 rings (SSSR count). The van der Waals surface area contributed by atoms with Crippen molar-refractivity contribution < 1.29 is 23.7 Å². The number of hydrogen-bond donors (Lipinski definition) is 3. The third-order valence-electron chi connectivity index (χ3n) is 2.90. The Hall–Kier alpha value is -1.58. The van der Waals surface area contributed by atoms with Crippen LogP contribution in [0, 0.1) is 0 Å². The molecule has 0 spiro atoms. The molecule has 1 aliphatic rings. The number of aromatic nitrogens is 2. The number of rotatable bonds is 2. The summed E-state index contributed by atoms with van der Waals surface area (Å²) in [6.07, 6.45) is -6.37. The number of aromatic amines is 1. The van der Waals surface area contributed by atoms with Gasteiger partial charge in [0, 0.05) is 12.3 Å². The van der Waals surface area contributed by atoms with E-state index >= 15 is 0 Å². The van der Waals surface area contributed by atoms with Crippen molar-refractivity contribution in [1.29, 1.82) is 0 Å². The molecule has 0 bridgehead atoms. The van der Waals surface area contributed by atoms with Crippen LogP contribution in [0.3, 0.4) is 0 Å². The molecule has 0 saturated carbocycles. The van der Waals surface area contributed by atoms with Crippen LogP contribution in [0.25, 0.3) is 0 Å². The van der Waals surface area contributed by atoms with E-state index in [1.165, 1.54) is 6.92 Å². The summed E-state index contributed by atoms with van der Waals surface area (Å²) >= 11 is 0. The molecule has 0 aliphatic carbocycles.